The molecule has 0 saturated carbocycles. The van der Waals surface area contributed by atoms with Crippen molar-refractivity contribution >= 4 is 23.5 Å². The van der Waals surface area contributed by atoms with Crippen molar-refractivity contribution in [2.45, 2.75) is 52.4 Å². The Hall–Kier alpha value is -0.770. The summed E-state index contributed by atoms with van der Waals surface area (Å²) in [6.45, 7) is 4.26. The molecule has 0 heterocycles. The van der Waals surface area contributed by atoms with E-state index in [1.54, 1.807) is 17.8 Å². The summed E-state index contributed by atoms with van der Waals surface area (Å²) in [4.78, 5) is 23.1. The minimum Gasteiger partial charge on any atom is -0.481 e. The van der Waals surface area contributed by atoms with Crippen LogP contribution in [-0.4, -0.2) is 22.6 Å². The summed E-state index contributed by atoms with van der Waals surface area (Å²) in [5.74, 6) is 0.499. The third kappa shape index (κ3) is 6.24. The van der Waals surface area contributed by atoms with Crippen molar-refractivity contribution in [2.75, 3.05) is 5.75 Å². The summed E-state index contributed by atoms with van der Waals surface area (Å²) in [6.07, 6.45) is 6.40. The van der Waals surface area contributed by atoms with E-state index in [9.17, 15) is 9.59 Å². The second-order valence-electron chi connectivity index (χ2n) is 5.65. The predicted molar refractivity (Wildman–Crippen MR) is 74.7 cm³/mol. The van der Waals surface area contributed by atoms with Crippen molar-refractivity contribution in [3.8, 4) is 0 Å². The molecule has 1 aliphatic rings. The molecule has 0 fully saturated rings. The van der Waals surface area contributed by atoms with Gasteiger partial charge in [-0.2, -0.15) is 0 Å². The number of ketones is 1. The minimum absolute atomic E-state index is 0.0947. The molecular weight excluding hydrogens is 248 g/mol. The van der Waals surface area contributed by atoms with Gasteiger partial charge in [0.15, 0.2) is 5.78 Å². The lowest BCUT2D eigenvalue weighted by molar-refractivity contribution is -0.137. The lowest BCUT2D eigenvalue weighted by Crippen LogP contribution is -2.21. The third-order valence-corrected chi connectivity index (χ3v) is 4.08. The van der Waals surface area contributed by atoms with Gasteiger partial charge >= 0.3 is 5.97 Å². The highest BCUT2D eigenvalue weighted by Crippen LogP contribution is 2.38. The van der Waals surface area contributed by atoms with Crippen molar-refractivity contribution in [1.29, 1.82) is 0 Å². The highest BCUT2D eigenvalue weighted by molar-refractivity contribution is 8.03. The van der Waals surface area contributed by atoms with E-state index in [0.717, 1.165) is 31.4 Å². The van der Waals surface area contributed by atoms with Crippen LogP contribution in [0.2, 0.25) is 0 Å². The van der Waals surface area contributed by atoms with Crippen molar-refractivity contribution in [2.24, 2.45) is 5.41 Å². The topological polar surface area (TPSA) is 54.4 Å². The molecule has 0 saturated heterocycles. The van der Waals surface area contributed by atoms with Crippen LogP contribution in [0.3, 0.4) is 0 Å². The average molecular weight is 270 g/mol. The first-order valence-corrected chi connectivity index (χ1v) is 7.46. The van der Waals surface area contributed by atoms with Gasteiger partial charge in [-0.05, 0) is 41.4 Å². The van der Waals surface area contributed by atoms with Gasteiger partial charge < -0.3 is 5.11 Å². The number of hydrogen-bond acceptors (Lipinski definition) is 3. The number of allylic oxidation sites excluding steroid dienone is 2. The van der Waals surface area contributed by atoms with E-state index in [1.165, 1.54) is 4.91 Å². The second-order valence-corrected chi connectivity index (χ2v) is 6.87. The molecule has 18 heavy (non-hydrogen) atoms. The Morgan fingerprint density at radius 1 is 1.33 bits per heavy atom. The van der Waals surface area contributed by atoms with Crippen LogP contribution < -0.4 is 0 Å². The Kier molecular flexibility index (Phi) is 5.93. The Labute approximate surface area is 113 Å². The molecular formula is C14H22O3S. The van der Waals surface area contributed by atoms with E-state index in [2.05, 4.69) is 13.8 Å². The van der Waals surface area contributed by atoms with Crippen LogP contribution in [-0.2, 0) is 9.59 Å². The Morgan fingerprint density at radius 3 is 2.67 bits per heavy atom. The zero-order chi connectivity index (χ0) is 13.6. The zero-order valence-corrected chi connectivity index (χ0v) is 12.0. The number of hydrogen-bond donors (Lipinski definition) is 1. The zero-order valence-electron chi connectivity index (χ0n) is 11.2. The summed E-state index contributed by atoms with van der Waals surface area (Å²) in [5, 5.41) is 8.51. The fourth-order valence-corrected chi connectivity index (χ4v) is 3.46. The predicted octanol–water partition coefficient (Wildman–Crippen LogP) is 3.64. The molecule has 0 aromatic carbocycles. The molecule has 0 bridgehead atoms. The lowest BCUT2D eigenvalue weighted by Gasteiger charge is -2.28. The maximum absolute atomic E-state index is 11.5. The Morgan fingerprint density at radius 2 is 2.06 bits per heavy atom. The molecule has 0 spiro atoms. The summed E-state index contributed by atoms with van der Waals surface area (Å²) in [5.41, 5.74) is 0.0947. The summed E-state index contributed by atoms with van der Waals surface area (Å²) < 4.78 is 0. The number of carboxylic acid groups (broad SMARTS) is 1. The molecule has 0 aliphatic heterocycles. The van der Waals surface area contributed by atoms with Gasteiger partial charge in [0.05, 0.1) is 0 Å². The molecule has 0 aromatic heterocycles. The second kappa shape index (κ2) is 6.98. The lowest BCUT2D eigenvalue weighted by atomic mass is 9.80. The van der Waals surface area contributed by atoms with Crippen LogP contribution in [0, 0.1) is 5.41 Å². The summed E-state index contributed by atoms with van der Waals surface area (Å²) >= 11 is 1.76. The number of unbranched alkanes of at least 4 members (excludes halogenated alkanes) is 2. The van der Waals surface area contributed by atoms with E-state index in [4.69, 9.17) is 5.11 Å². The van der Waals surface area contributed by atoms with Gasteiger partial charge in [0.2, 0.25) is 0 Å². The van der Waals surface area contributed by atoms with E-state index >= 15 is 0 Å². The van der Waals surface area contributed by atoms with Gasteiger partial charge in [0.1, 0.15) is 0 Å². The van der Waals surface area contributed by atoms with E-state index in [-0.39, 0.29) is 17.6 Å². The summed E-state index contributed by atoms with van der Waals surface area (Å²) in [6, 6.07) is 0. The molecule has 1 aliphatic carbocycles. The normalized spacial score (nSPS) is 18.6. The number of thioether (sulfide) groups is 1. The van der Waals surface area contributed by atoms with E-state index < -0.39 is 5.97 Å². The Balaban J connectivity index is 2.19. The molecule has 1 rings (SSSR count). The number of rotatable bonds is 7. The quantitative estimate of drug-likeness (QED) is 0.718. The average Bonchev–Trinajstić information content (AvgIpc) is 2.19. The first-order valence-electron chi connectivity index (χ1n) is 6.47. The molecule has 0 radical (unpaired) electrons. The number of carboxylic acids is 1. The van der Waals surface area contributed by atoms with Crippen molar-refractivity contribution in [3.63, 3.8) is 0 Å². The van der Waals surface area contributed by atoms with Crippen molar-refractivity contribution in [1.82, 2.24) is 0 Å². The van der Waals surface area contributed by atoms with Crippen LogP contribution in [0.4, 0.5) is 0 Å². The number of carbonyl (C=O) groups is 2. The van der Waals surface area contributed by atoms with Crippen LogP contribution in [0.1, 0.15) is 52.4 Å². The van der Waals surface area contributed by atoms with Gasteiger partial charge in [0.25, 0.3) is 0 Å². The van der Waals surface area contributed by atoms with Gasteiger partial charge in [0, 0.05) is 12.8 Å². The maximum atomic E-state index is 11.5. The largest absolute Gasteiger partial charge is 0.481 e. The smallest absolute Gasteiger partial charge is 0.303 e. The van der Waals surface area contributed by atoms with E-state index in [1.807, 2.05) is 0 Å². The highest BCUT2D eigenvalue weighted by Gasteiger charge is 2.27. The van der Waals surface area contributed by atoms with Crippen LogP contribution in [0.15, 0.2) is 11.0 Å². The molecule has 0 atom stereocenters. The van der Waals surface area contributed by atoms with Gasteiger partial charge in [-0.25, -0.2) is 0 Å². The molecule has 1 N–H and O–H groups in total. The molecule has 0 unspecified atom stereocenters. The molecule has 3 nitrogen and oxygen atoms in total. The Bertz CT molecular complexity index is 345. The SMILES string of the molecule is CC1(C)CC(=O)C=C(SCCCCCC(=O)O)C1. The summed E-state index contributed by atoms with van der Waals surface area (Å²) in [7, 11) is 0. The van der Waals surface area contributed by atoms with Gasteiger partial charge in [-0.15, -0.1) is 11.8 Å². The molecule has 0 amide bonds. The first kappa shape index (κ1) is 15.3. The first-order chi connectivity index (χ1) is 8.39. The fourth-order valence-electron chi connectivity index (χ4n) is 2.14. The van der Waals surface area contributed by atoms with Crippen molar-refractivity contribution < 1.29 is 14.7 Å². The highest BCUT2D eigenvalue weighted by atomic mass is 32.2. The monoisotopic (exact) mass is 270 g/mol. The standard InChI is InChI=1S/C14H22O3S/c1-14(2)9-11(15)8-12(10-14)18-7-5-3-4-6-13(16)17/h8H,3-7,9-10H2,1-2H3,(H,16,17). The van der Waals surface area contributed by atoms with E-state index in [0.29, 0.717) is 6.42 Å². The maximum Gasteiger partial charge on any atom is 0.303 e. The van der Waals surface area contributed by atoms with Crippen molar-refractivity contribution in [3.05, 3.63) is 11.0 Å². The number of aliphatic carboxylic acids is 1. The van der Waals surface area contributed by atoms with Crippen LogP contribution in [0.25, 0.3) is 0 Å². The molecule has 102 valence electrons. The van der Waals surface area contributed by atoms with Gasteiger partial charge in [-0.1, -0.05) is 20.3 Å². The van der Waals surface area contributed by atoms with Crippen LogP contribution >= 0.6 is 11.8 Å². The fraction of sp³-hybridized carbons (Fsp3) is 0.714. The van der Waals surface area contributed by atoms with Gasteiger partial charge in [-0.3, -0.25) is 9.59 Å². The molecule has 0 aromatic rings. The minimum atomic E-state index is -0.718. The molecule has 4 heteroatoms. The van der Waals surface area contributed by atoms with Crippen LogP contribution in [0.5, 0.6) is 0 Å². The number of carbonyl (C=O) groups excluding carboxylic acids is 1. The third-order valence-electron chi connectivity index (χ3n) is 2.95.